The van der Waals surface area contributed by atoms with Crippen LogP contribution in [0.4, 0.5) is 5.82 Å². The Morgan fingerprint density at radius 2 is 1.92 bits per heavy atom. The van der Waals surface area contributed by atoms with Gasteiger partial charge in [-0.05, 0) is 25.5 Å². The summed E-state index contributed by atoms with van der Waals surface area (Å²) >= 11 is 0. The lowest BCUT2D eigenvalue weighted by atomic mass is 10.1. The summed E-state index contributed by atoms with van der Waals surface area (Å²) in [5.74, 6) is -0.288. The summed E-state index contributed by atoms with van der Waals surface area (Å²) in [4.78, 5) is 37.7. The first-order chi connectivity index (χ1) is 11.5. The van der Waals surface area contributed by atoms with Crippen molar-refractivity contribution >= 4 is 23.5 Å². The SMILES string of the molecule is Cc1ccc2c(c1)C(=O)N(CCCC(=O)Nc1ccn(C)n1)C2=O. The lowest BCUT2D eigenvalue weighted by Gasteiger charge is -2.13. The minimum absolute atomic E-state index is 0.193. The van der Waals surface area contributed by atoms with Crippen LogP contribution in [0, 0.1) is 6.92 Å². The van der Waals surface area contributed by atoms with Gasteiger partial charge in [0.15, 0.2) is 5.82 Å². The third kappa shape index (κ3) is 3.05. The molecule has 3 amide bonds. The molecule has 1 aliphatic heterocycles. The number of aryl methyl sites for hydroxylation is 2. The number of carbonyl (C=O) groups is 3. The summed E-state index contributed by atoms with van der Waals surface area (Å²) in [6.45, 7) is 2.10. The van der Waals surface area contributed by atoms with Gasteiger partial charge in [0, 0.05) is 32.3 Å². The highest BCUT2D eigenvalue weighted by Gasteiger charge is 2.34. The Hall–Kier alpha value is -2.96. The van der Waals surface area contributed by atoms with E-state index in [1.54, 1.807) is 36.1 Å². The van der Waals surface area contributed by atoms with E-state index in [-0.39, 0.29) is 30.7 Å². The van der Waals surface area contributed by atoms with Crippen molar-refractivity contribution in [2.75, 3.05) is 11.9 Å². The maximum absolute atomic E-state index is 12.3. The molecule has 1 aliphatic rings. The van der Waals surface area contributed by atoms with E-state index in [1.807, 2.05) is 13.0 Å². The second-order valence-electron chi connectivity index (χ2n) is 5.84. The zero-order chi connectivity index (χ0) is 17.3. The van der Waals surface area contributed by atoms with Crippen LogP contribution >= 0.6 is 0 Å². The van der Waals surface area contributed by atoms with E-state index in [4.69, 9.17) is 0 Å². The number of nitrogens with zero attached hydrogens (tertiary/aromatic N) is 3. The van der Waals surface area contributed by atoms with Gasteiger partial charge in [0.05, 0.1) is 11.1 Å². The number of fused-ring (bicyclic) bond motifs is 1. The summed E-state index contributed by atoms with van der Waals surface area (Å²) in [5, 5.41) is 6.74. The average Bonchev–Trinajstić information content (AvgIpc) is 3.04. The van der Waals surface area contributed by atoms with Gasteiger partial charge in [-0.1, -0.05) is 11.6 Å². The first-order valence-electron chi connectivity index (χ1n) is 7.72. The average molecular weight is 326 g/mol. The minimum atomic E-state index is -0.292. The molecule has 1 aromatic carbocycles. The predicted molar refractivity (Wildman–Crippen MR) is 87.6 cm³/mol. The fraction of sp³-hybridized carbons (Fsp3) is 0.294. The van der Waals surface area contributed by atoms with Crippen LogP contribution in [0.25, 0.3) is 0 Å². The molecule has 0 radical (unpaired) electrons. The molecule has 2 heterocycles. The number of amides is 3. The second-order valence-corrected chi connectivity index (χ2v) is 5.84. The van der Waals surface area contributed by atoms with Gasteiger partial charge in [0.2, 0.25) is 5.91 Å². The third-order valence-electron chi connectivity index (χ3n) is 3.89. The Kier molecular flexibility index (Phi) is 4.16. The first-order valence-corrected chi connectivity index (χ1v) is 7.72. The molecule has 0 unspecified atom stereocenters. The maximum atomic E-state index is 12.3. The summed E-state index contributed by atoms with van der Waals surface area (Å²) < 4.78 is 1.59. The summed E-state index contributed by atoms with van der Waals surface area (Å²) in [7, 11) is 1.76. The number of anilines is 1. The van der Waals surface area contributed by atoms with E-state index in [0.717, 1.165) is 5.56 Å². The number of hydrogen-bond donors (Lipinski definition) is 1. The highest BCUT2D eigenvalue weighted by atomic mass is 16.2. The molecule has 2 aromatic rings. The fourth-order valence-corrected chi connectivity index (χ4v) is 2.69. The van der Waals surface area contributed by atoms with Gasteiger partial charge < -0.3 is 5.32 Å². The van der Waals surface area contributed by atoms with Gasteiger partial charge in [-0.15, -0.1) is 0 Å². The highest BCUT2D eigenvalue weighted by Crippen LogP contribution is 2.24. The van der Waals surface area contributed by atoms with Crippen LogP contribution < -0.4 is 5.32 Å². The van der Waals surface area contributed by atoms with Crippen LogP contribution in [-0.2, 0) is 11.8 Å². The van der Waals surface area contributed by atoms with Gasteiger partial charge >= 0.3 is 0 Å². The van der Waals surface area contributed by atoms with E-state index in [0.29, 0.717) is 23.4 Å². The Morgan fingerprint density at radius 1 is 1.17 bits per heavy atom. The third-order valence-corrected chi connectivity index (χ3v) is 3.89. The van der Waals surface area contributed by atoms with Crippen molar-refractivity contribution in [1.82, 2.24) is 14.7 Å². The molecule has 0 spiro atoms. The molecule has 0 saturated carbocycles. The number of nitrogens with one attached hydrogen (secondary N) is 1. The normalized spacial score (nSPS) is 13.3. The number of imide groups is 1. The van der Waals surface area contributed by atoms with Crippen LogP contribution in [0.2, 0.25) is 0 Å². The Morgan fingerprint density at radius 3 is 2.62 bits per heavy atom. The zero-order valence-electron chi connectivity index (χ0n) is 13.6. The fourth-order valence-electron chi connectivity index (χ4n) is 2.69. The van der Waals surface area contributed by atoms with Gasteiger partial charge in [-0.3, -0.25) is 24.0 Å². The van der Waals surface area contributed by atoms with Gasteiger partial charge in [-0.2, -0.15) is 5.10 Å². The number of hydrogen-bond acceptors (Lipinski definition) is 4. The zero-order valence-corrected chi connectivity index (χ0v) is 13.6. The van der Waals surface area contributed by atoms with Crippen molar-refractivity contribution in [3.8, 4) is 0 Å². The van der Waals surface area contributed by atoms with Crippen molar-refractivity contribution in [2.24, 2.45) is 7.05 Å². The van der Waals surface area contributed by atoms with E-state index in [1.165, 1.54) is 4.90 Å². The van der Waals surface area contributed by atoms with Crippen LogP contribution in [0.5, 0.6) is 0 Å². The molecule has 0 fully saturated rings. The molecule has 1 N–H and O–H groups in total. The van der Waals surface area contributed by atoms with Crippen molar-refractivity contribution in [1.29, 1.82) is 0 Å². The molecule has 1 aromatic heterocycles. The molecule has 3 rings (SSSR count). The van der Waals surface area contributed by atoms with Crippen LogP contribution in [0.1, 0.15) is 39.1 Å². The lowest BCUT2D eigenvalue weighted by Crippen LogP contribution is -2.31. The minimum Gasteiger partial charge on any atom is -0.309 e. The van der Waals surface area contributed by atoms with Gasteiger partial charge in [0.25, 0.3) is 11.8 Å². The Balaban J connectivity index is 1.55. The molecule has 124 valence electrons. The predicted octanol–water partition coefficient (Wildman–Crippen LogP) is 1.74. The molecule has 0 atom stereocenters. The summed E-state index contributed by atoms with van der Waals surface area (Å²) in [6, 6.07) is 6.92. The maximum Gasteiger partial charge on any atom is 0.261 e. The largest absolute Gasteiger partial charge is 0.309 e. The van der Waals surface area contributed by atoms with Crippen molar-refractivity contribution in [3.05, 3.63) is 47.2 Å². The van der Waals surface area contributed by atoms with E-state index in [9.17, 15) is 14.4 Å². The first kappa shape index (κ1) is 15.9. The van der Waals surface area contributed by atoms with Crippen molar-refractivity contribution in [3.63, 3.8) is 0 Å². The van der Waals surface area contributed by atoms with Crippen molar-refractivity contribution in [2.45, 2.75) is 19.8 Å². The van der Waals surface area contributed by atoms with Crippen molar-refractivity contribution < 1.29 is 14.4 Å². The van der Waals surface area contributed by atoms with E-state index >= 15 is 0 Å². The smallest absolute Gasteiger partial charge is 0.261 e. The standard InChI is InChI=1S/C17H18N4O3/c1-11-5-6-12-13(10-11)17(24)21(16(12)23)8-3-4-15(22)18-14-7-9-20(2)19-14/h5-7,9-10H,3-4,8H2,1-2H3,(H,18,19,22). The number of benzene rings is 1. The number of rotatable bonds is 5. The van der Waals surface area contributed by atoms with Crippen LogP contribution in [0.3, 0.4) is 0 Å². The quantitative estimate of drug-likeness (QED) is 0.848. The van der Waals surface area contributed by atoms with E-state index in [2.05, 4.69) is 10.4 Å². The molecule has 0 saturated heterocycles. The van der Waals surface area contributed by atoms with Crippen LogP contribution in [-0.4, -0.2) is 38.9 Å². The molecule has 0 bridgehead atoms. The molecule has 0 aliphatic carbocycles. The highest BCUT2D eigenvalue weighted by molar-refractivity contribution is 6.21. The number of carbonyl (C=O) groups excluding carboxylic acids is 3. The Bertz CT molecular complexity index is 825. The molecular weight excluding hydrogens is 308 g/mol. The summed E-state index contributed by atoms with van der Waals surface area (Å²) in [6.07, 6.45) is 2.35. The molecule has 24 heavy (non-hydrogen) atoms. The Labute approximate surface area is 139 Å². The van der Waals surface area contributed by atoms with E-state index < -0.39 is 0 Å². The van der Waals surface area contributed by atoms with Gasteiger partial charge in [-0.25, -0.2) is 0 Å². The lowest BCUT2D eigenvalue weighted by molar-refractivity contribution is -0.116. The second kappa shape index (κ2) is 6.27. The molecular formula is C17H18N4O3. The number of aromatic nitrogens is 2. The van der Waals surface area contributed by atoms with Crippen LogP contribution in [0.15, 0.2) is 30.5 Å². The summed E-state index contributed by atoms with van der Waals surface area (Å²) in [5.41, 5.74) is 1.81. The monoisotopic (exact) mass is 326 g/mol. The molecule has 7 nitrogen and oxygen atoms in total. The topological polar surface area (TPSA) is 84.3 Å². The molecule has 7 heteroatoms. The van der Waals surface area contributed by atoms with Gasteiger partial charge in [0.1, 0.15) is 0 Å².